The van der Waals surface area contributed by atoms with E-state index in [1.54, 1.807) is 0 Å². The SMILES string of the molecule is OP(O)(O)=S.[Cd]. The van der Waals surface area contributed by atoms with E-state index in [1.165, 1.54) is 0 Å². The van der Waals surface area contributed by atoms with Gasteiger partial charge in [-0.25, -0.2) is 0 Å². The summed E-state index contributed by atoms with van der Waals surface area (Å²) in [5, 5.41) is 0. The molecule has 0 heterocycles. The fourth-order valence-electron chi connectivity index (χ4n) is 0. The van der Waals surface area contributed by atoms with Crippen molar-refractivity contribution in [3.05, 3.63) is 0 Å². The molecule has 0 saturated heterocycles. The molecule has 0 fully saturated rings. The number of hydrogen-bond donors (Lipinski definition) is 3. The molecule has 6 heteroatoms. The van der Waals surface area contributed by atoms with Crippen LogP contribution >= 0.6 is 6.72 Å². The van der Waals surface area contributed by atoms with Crippen molar-refractivity contribution < 1.29 is 42.0 Å². The van der Waals surface area contributed by atoms with Crippen LogP contribution in [0.1, 0.15) is 0 Å². The average molecular weight is 226 g/mol. The second-order valence-electron chi connectivity index (χ2n) is 0.513. The predicted octanol–water partition coefficient (Wildman–Crippen LogP) is -0.815. The molecule has 0 aliphatic heterocycles. The van der Waals surface area contributed by atoms with Crippen molar-refractivity contribution in [3.63, 3.8) is 0 Å². The Kier molecular flexibility index (Phi) is 6.01. The maximum atomic E-state index is 7.56. The van der Waals surface area contributed by atoms with Crippen molar-refractivity contribution in [3.8, 4) is 0 Å². The minimum absolute atomic E-state index is 0. The molecule has 0 saturated carbocycles. The smallest absolute Gasteiger partial charge is 0.319 e. The molecule has 6 heavy (non-hydrogen) atoms. The summed E-state index contributed by atoms with van der Waals surface area (Å²) in [6.45, 7) is -3.81. The molecule has 0 aliphatic carbocycles. The molecule has 0 unspecified atom stereocenters. The third-order valence-corrected chi connectivity index (χ3v) is 0. The van der Waals surface area contributed by atoms with Gasteiger partial charge in [0.05, 0.1) is 0 Å². The zero-order chi connectivity index (χ0) is 4.50. The van der Waals surface area contributed by atoms with Crippen LogP contribution in [0.2, 0.25) is 0 Å². The van der Waals surface area contributed by atoms with Gasteiger partial charge in [-0.05, 0) is 11.8 Å². The van der Waals surface area contributed by atoms with E-state index in [4.69, 9.17) is 14.7 Å². The maximum absolute atomic E-state index is 7.56. The molecular weight excluding hydrogens is 223 g/mol. The van der Waals surface area contributed by atoms with Crippen LogP contribution in [0.4, 0.5) is 0 Å². The molecule has 0 bridgehead atoms. The van der Waals surface area contributed by atoms with Gasteiger partial charge in [0.2, 0.25) is 0 Å². The summed E-state index contributed by atoms with van der Waals surface area (Å²) < 4.78 is 0. The molecule has 0 radical (unpaired) electrons. The molecule has 0 aromatic rings. The second-order valence-corrected chi connectivity index (χ2v) is 3.01. The second kappa shape index (κ2) is 3.45. The van der Waals surface area contributed by atoms with E-state index >= 15 is 0 Å². The number of rotatable bonds is 0. The summed E-state index contributed by atoms with van der Waals surface area (Å²) in [5.74, 6) is 0. The van der Waals surface area contributed by atoms with E-state index in [0.29, 0.717) is 0 Å². The number of hydrogen-bond acceptors (Lipinski definition) is 1. The van der Waals surface area contributed by atoms with Crippen LogP contribution in [0.15, 0.2) is 0 Å². The third kappa shape index (κ3) is 51.3. The van der Waals surface area contributed by atoms with Crippen molar-refractivity contribution in [1.29, 1.82) is 0 Å². The van der Waals surface area contributed by atoms with Crippen molar-refractivity contribution in [2.45, 2.75) is 0 Å². The Morgan fingerprint density at radius 3 is 1.17 bits per heavy atom. The minimum Gasteiger partial charge on any atom is -0.325 e. The first-order valence-electron chi connectivity index (χ1n) is 0.783. The minimum atomic E-state index is -3.81. The van der Waals surface area contributed by atoms with Crippen LogP contribution in [0.25, 0.3) is 0 Å². The van der Waals surface area contributed by atoms with Gasteiger partial charge in [-0.1, -0.05) is 0 Å². The normalized spacial score (nSPS) is 9.83. The molecular formula is H3CdO3PS. The Bertz CT molecular complexity index is 56.9. The van der Waals surface area contributed by atoms with Gasteiger partial charge < -0.3 is 14.7 Å². The summed E-state index contributed by atoms with van der Waals surface area (Å²) in [5.41, 5.74) is 0. The summed E-state index contributed by atoms with van der Waals surface area (Å²) >= 11 is 3.60. The summed E-state index contributed by atoms with van der Waals surface area (Å²) in [6.07, 6.45) is 0. The first kappa shape index (κ1) is 10.4. The molecule has 0 atom stereocenters. The van der Waals surface area contributed by atoms with Gasteiger partial charge in [0.15, 0.2) is 0 Å². The topological polar surface area (TPSA) is 60.7 Å². The van der Waals surface area contributed by atoms with Crippen LogP contribution in [0.3, 0.4) is 0 Å². The summed E-state index contributed by atoms with van der Waals surface area (Å²) in [7, 11) is 0. The maximum Gasteiger partial charge on any atom is 0.319 e. The van der Waals surface area contributed by atoms with Crippen molar-refractivity contribution >= 4 is 18.5 Å². The van der Waals surface area contributed by atoms with Crippen molar-refractivity contribution in [2.75, 3.05) is 0 Å². The molecule has 34 valence electrons. The fourth-order valence-corrected chi connectivity index (χ4v) is 0. The van der Waals surface area contributed by atoms with Gasteiger partial charge in [-0.15, -0.1) is 0 Å². The van der Waals surface area contributed by atoms with E-state index < -0.39 is 6.72 Å². The molecule has 0 aliphatic rings. The molecule has 0 rings (SSSR count). The van der Waals surface area contributed by atoms with E-state index in [0.717, 1.165) is 0 Å². The molecule has 0 aromatic carbocycles. The summed E-state index contributed by atoms with van der Waals surface area (Å²) in [4.78, 5) is 22.7. The quantitative estimate of drug-likeness (QED) is 0.373. The van der Waals surface area contributed by atoms with Gasteiger partial charge in [0, 0.05) is 27.3 Å². The van der Waals surface area contributed by atoms with Gasteiger partial charge in [0.25, 0.3) is 0 Å². The molecule has 0 amide bonds. The van der Waals surface area contributed by atoms with E-state index in [2.05, 4.69) is 11.8 Å². The largest absolute Gasteiger partial charge is 0.325 e. The van der Waals surface area contributed by atoms with Gasteiger partial charge >= 0.3 is 6.72 Å². The first-order valence-corrected chi connectivity index (χ1v) is 3.44. The molecule has 3 N–H and O–H groups in total. The van der Waals surface area contributed by atoms with Gasteiger partial charge in [-0.3, -0.25) is 0 Å². The summed E-state index contributed by atoms with van der Waals surface area (Å²) in [6, 6.07) is 0. The standard InChI is InChI=1S/Cd.H3O3PS/c;1-4(2,3)5/h;(H3,1,2,3,5). The van der Waals surface area contributed by atoms with E-state index in [9.17, 15) is 0 Å². The van der Waals surface area contributed by atoms with E-state index in [1.807, 2.05) is 0 Å². The zero-order valence-electron chi connectivity index (χ0n) is 2.90. The van der Waals surface area contributed by atoms with Crippen LogP contribution in [-0.4, -0.2) is 14.7 Å². The Hall–Kier alpha value is 1.45. The monoisotopic (exact) mass is 228 g/mol. The molecule has 0 spiro atoms. The Morgan fingerprint density at radius 2 is 1.17 bits per heavy atom. The Labute approximate surface area is 60.4 Å². The van der Waals surface area contributed by atoms with Crippen LogP contribution in [-0.2, 0) is 39.1 Å². The zero-order valence-corrected chi connectivity index (χ0v) is 8.65. The first-order chi connectivity index (χ1) is 2.00. The average Bonchev–Trinajstić information content (AvgIpc) is 0.722. The molecule has 0 aromatic heterocycles. The van der Waals surface area contributed by atoms with Crippen molar-refractivity contribution in [2.24, 2.45) is 0 Å². The third-order valence-electron chi connectivity index (χ3n) is 0. The van der Waals surface area contributed by atoms with Crippen LogP contribution < -0.4 is 0 Å². The van der Waals surface area contributed by atoms with Crippen LogP contribution in [0.5, 0.6) is 0 Å². The van der Waals surface area contributed by atoms with Gasteiger partial charge in [-0.2, -0.15) is 0 Å². The predicted molar refractivity (Wildman–Crippen MR) is 20.9 cm³/mol. The fraction of sp³-hybridized carbons (Fsp3) is 0. The Balaban J connectivity index is 0. The molecule has 3 nitrogen and oxygen atoms in total. The van der Waals surface area contributed by atoms with E-state index in [-0.39, 0.29) is 27.3 Å². The Morgan fingerprint density at radius 1 is 1.17 bits per heavy atom. The van der Waals surface area contributed by atoms with Gasteiger partial charge in [0.1, 0.15) is 0 Å². The van der Waals surface area contributed by atoms with Crippen LogP contribution in [0, 0.1) is 0 Å². The van der Waals surface area contributed by atoms with Crippen molar-refractivity contribution in [1.82, 2.24) is 0 Å².